The molecule has 0 aliphatic carbocycles. The highest BCUT2D eigenvalue weighted by Crippen LogP contribution is 2.19. The van der Waals surface area contributed by atoms with Gasteiger partial charge in [0.2, 0.25) is 10.0 Å². The fourth-order valence-corrected chi connectivity index (χ4v) is 4.06. The van der Waals surface area contributed by atoms with Gasteiger partial charge >= 0.3 is 0 Å². The number of rotatable bonds is 5. The van der Waals surface area contributed by atoms with Gasteiger partial charge in [0.05, 0.1) is 10.6 Å². The van der Waals surface area contributed by atoms with E-state index >= 15 is 0 Å². The Labute approximate surface area is 137 Å². The number of thiazole rings is 1. The van der Waals surface area contributed by atoms with Crippen molar-refractivity contribution in [3.05, 3.63) is 52.3 Å². The Morgan fingerprint density at radius 1 is 1.41 bits per heavy atom. The van der Waals surface area contributed by atoms with Crippen LogP contribution in [-0.2, 0) is 16.4 Å². The van der Waals surface area contributed by atoms with Crippen LogP contribution in [0.25, 0.3) is 4.96 Å². The number of halogens is 1. The summed E-state index contributed by atoms with van der Waals surface area (Å²) in [7, 11) is -3.55. The normalized spacial score (nSPS) is 12.1. The van der Waals surface area contributed by atoms with Gasteiger partial charge in [0, 0.05) is 35.8 Å². The minimum atomic E-state index is -3.55. The van der Waals surface area contributed by atoms with Crippen LogP contribution in [0.1, 0.15) is 11.3 Å². The van der Waals surface area contributed by atoms with Gasteiger partial charge in [-0.05, 0) is 24.6 Å². The molecule has 3 aromatic rings. The van der Waals surface area contributed by atoms with Gasteiger partial charge in [0.15, 0.2) is 4.96 Å². The van der Waals surface area contributed by atoms with E-state index in [0.717, 1.165) is 16.2 Å². The van der Waals surface area contributed by atoms with E-state index in [0.29, 0.717) is 18.0 Å². The first-order valence-electron chi connectivity index (χ1n) is 6.62. The summed E-state index contributed by atoms with van der Waals surface area (Å²) in [5.41, 5.74) is 1.70. The van der Waals surface area contributed by atoms with Crippen molar-refractivity contribution in [2.24, 2.45) is 0 Å². The lowest BCUT2D eigenvalue weighted by Gasteiger charge is -2.07. The smallest absolute Gasteiger partial charge is 0.240 e. The van der Waals surface area contributed by atoms with E-state index in [9.17, 15) is 8.42 Å². The van der Waals surface area contributed by atoms with E-state index in [-0.39, 0.29) is 4.90 Å². The second kappa shape index (κ2) is 6.00. The Balaban J connectivity index is 1.66. The second-order valence-corrected chi connectivity index (χ2v) is 7.93. The molecule has 0 saturated carbocycles. The molecular formula is C14H14ClN3O2S2. The maximum atomic E-state index is 12.2. The number of hydrogen-bond donors (Lipinski definition) is 1. The van der Waals surface area contributed by atoms with Crippen molar-refractivity contribution in [2.75, 3.05) is 6.54 Å². The third-order valence-corrected chi connectivity index (χ3v) is 5.91. The van der Waals surface area contributed by atoms with Gasteiger partial charge in [-0.25, -0.2) is 18.1 Å². The molecule has 22 heavy (non-hydrogen) atoms. The largest absolute Gasteiger partial charge is 0.297 e. The van der Waals surface area contributed by atoms with Crippen molar-refractivity contribution in [1.82, 2.24) is 14.1 Å². The van der Waals surface area contributed by atoms with Gasteiger partial charge in [-0.2, -0.15) is 0 Å². The highest BCUT2D eigenvalue weighted by molar-refractivity contribution is 7.89. The molecule has 8 heteroatoms. The minimum Gasteiger partial charge on any atom is -0.297 e. The lowest BCUT2D eigenvalue weighted by molar-refractivity contribution is 0.581. The molecule has 0 atom stereocenters. The van der Waals surface area contributed by atoms with E-state index in [2.05, 4.69) is 9.71 Å². The summed E-state index contributed by atoms with van der Waals surface area (Å²) >= 11 is 7.52. The average molecular weight is 356 g/mol. The molecule has 3 rings (SSSR count). The number of benzene rings is 1. The van der Waals surface area contributed by atoms with Crippen LogP contribution in [0.15, 0.2) is 40.9 Å². The number of aryl methyl sites for hydroxylation is 1. The minimum absolute atomic E-state index is 0.175. The predicted octanol–water partition coefficient (Wildman–Crippen LogP) is 2.88. The van der Waals surface area contributed by atoms with Crippen LogP contribution in [0.2, 0.25) is 5.02 Å². The molecule has 1 N–H and O–H groups in total. The second-order valence-electron chi connectivity index (χ2n) is 4.88. The van der Waals surface area contributed by atoms with E-state index in [1.54, 1.807) is 23.5 Å². The monoisotopic (exact) mass is 355 g/mol. The lowest BCUT2D eigenvalue weighted by Crippen LogP contribution is -2.26. The molecule has 0 saturated heterocycles. The molecule has 2 aromatic heterocycles. The summed E-state index contributed by atoms with van der Waals surface area (Å²) < 4.78 is 28.9. The number of nitrogens with zero attached hydrogens (tertiary/aromatic N) is 2. The van der Waals surface area contributed by atoms with Crippen molar-refractivity contribution in [1.29, 1.82) is 0 Å². The predicted molar refractivity (Wildman–Crippen MR) is 88.2 cm³/mol. The highest BCUT2D eigenvalue weighted by Gasteiger charge is 2.15. The number of aromatic nitrogens is 2. The van der Waals surface area contributed by atoms with Gasteiger partial charge in [-0.1, -0.05) is 17.7 Å². The standard InChI is InChI=1S/C14H14ClN3O2S2/c1-10-2-3-12(8-13(10)15)22(19,20)16-5-4-11-9-18-6-7-21-14(18)17-11/h2-3,6-9,16H,4-5H2,1H3. The van der Waals surface area contributed by atoms with Crippen LogP contribution in [-0.4, -0.2) is 24.3 Å². The van der Waals surface area contributed by atoms with E-state index in [4.69, 9.17) is 11.6 Å². The molecule has 116 valence electrons. The summed E-state index contributed by atoms with van der Waals surface area (Å²) in [6, 6.07) is 4.71. The number of sulfonamides is 1. The van der Waals surface area contributed by atoms with Crippen LogP contribution >= 0.6 is 22.9 Å². The third-order valence-electron chi connectivity index (χ3n) is 3.27. The van der Waals surface area contributed by atoms with E-state index < -0.39 is 10.0 Å². The summed E-state index contributed by atoms with van der Waals surface area (Å²) in [6.07, 6.45) is 4.37. The summed E-state index contributed by atoms with van der Waals surface area (Å²) in [5, 5.41) is 2.40. The number of nitrogens with one attached hydrogen (secondary N) is 1. The zero-order valence-electron chi connectivity index (χ0n) is 11.8. The molecule has 0 fully saturated rings. The maximum Gasteiger partial charge on any atom is 0.240 e. The average Bonchev–Trinajstić information content (AvgIpc) is 3.02. The van der Waals surface area contributed by atoms with E-state index in [1.807, 2.05) is 29.1 Å². The fraction of sp³-hybridized carbons (Fsp3) is 0.214. The van der Waals surface area contributed by atoms with Crippen LogP contribution < -0.4 is 4.72 Å². The van der Waals surface area contributed by atoms with Gasteiger partial charge in [0.25, 0.3) is 0 Å². The first-order chi connectivity index (χ1) is 10.5. The Kier molecular flexibility index (Phi) is 4.22. The molecule has 2 heterocycles. The summed E-state index contributed by atoms with van der Waals surface area (Å²) in [5.74, 6) is 0. The number of imidazole rings is 1. The molecular weight excluding hydrogens is 342 g/mol. The van der Waals surface area contributed by atoms with E-state index in [1.165, 1.54) is 6.07 Å². The first-order valence-corrected chi connectivity index (χ1v) is 9.37. The van der Waals surface area contributed by atoms with Crippen LogP contribution in [0.5, 0.6) is 0 Å². The fourth-order valence-electron chi connectivity index (χ4n) is 2.03. The Morgan fingerprint density at radius 2 is 2.23 bits per heavy atom. The summed E-state index contributed by atoms with van der Waals surface area (Å²) in [4.78, 5) is 5.50. The van der Waals surface area contributed by atoms with Crippen molar-refractivity contribution in [2.45, 2.75) is 18.2 Å². The molecule has 0 aliphatic rings. The molecule has 0 unspecified atom stereocenters. The Bertz CT molecular complexity index is 887. The SMILES string of the molecule is Cc1ccc(S(=O)(=O)NCCc2cn3ccsc3n2)cc1Cl. The molecule has 0 bridgehead atoms. The maximum absolute atomic E-state index is 12.2. The zero-order chi connectivity index (χ0) is 15.7. The van der Waals surface area contributed by atoms with Crippen molar-refractivity contribution in [3.63, 3.8) is 0 Å². The number of fused-ring (bicyclic) bond motifs is 1. The first kappa shape index (κ1) is 15.5. The molecule has 0 amide bonds. The van der Waals surface area contributed by atoms with Crippen LogP contribution in [0.4, 0.5) is 0 Å². The molecule has 0 spiro atoms. The van der Waals surface area contributed by atoms with Crippen molar-refractivity contribution in [3.8, 4) is 0 Å². The molecule has 1 aromatic carbocycles. The molecule has 0 radical (unpaired) electrons. The summed E-state index contributed by atoms with van der Waals surface area (Å²) in [6.45, 7) is 2.12. The van der Waals surface area contributed by atoms with Crippen molar-refractivity contribution >= 4 is 37.9 Å². The van der Waals surface area contributed by atoms with Gasteiger partial charge in [-0.3, -0.25) is 4.40 Å². The molecule has 0 aliphatic heterocycles. The van der Waals surface area contributed by atoms with Crippen LogP contribution in [0.3, 0.4) is 0 Å². The lowest BCUT2D eigenvalue weighted by atomic mass is 10.2. The quantitative estimate of drug-likeness (QED) is 0.765. The highest BCUT2D eigenvalue weighted by atomic mass is 35.5. The zero-order valence-corrected chi connectivity index (χ0v) is 14.2. The Hall–Kier alpha value is -1.41. The molecule has 5 nitrogen and oxygen atoms in total. The van der Waals surface area contributed by atoms with Gasteiger partial charge < -0.3 is 0 Å². The van der Waals surface area contributed by atoms with Gasteiger partial charge in [-0.15, -0.1) is 11.3 Å². The van der Waals surface area contributed by atoms with Gasteiger partial charge in [0.1, 0.15) is 0 Å². The third kappa shape index (κ3) is 3.17. The topological polar surface area (TPSA) is 63.5 Å². The number of hydrogen-bond acceptors (Lipinski definition) is 4. The van der Waals surface area contributed by atoms with Crippen molar-refractivity contribution < 1.29 is 8.42 Å². The Morgan fingerprint density at radius 3 is 2.95 bits per heavy atom. The van der Waals surface area contributed by atoms with Crippen LogP contribution in [0, 0.1) is 6.92 Å².